The van der Waals surface area contributed by atoms with Crippen LogP contribution in [0.15, 0.2) is 60.0 Å². The molecule has 31 heavy (non-hydrogen) atoms. The van der Waals surface area contributed by atoms with Gasteiger partial charge in [0.1, 0.15) is 18.1 Å². The highest BCUT2D eigenvalue weighted by atomic mass is 32.1. The van der Waals surface area contributed by atoms with E-state index in [1.807, 2.05) is 48.7 Å². The number of rotatable bonds is 7. The topological polar surface area (TPSA) is 67.9 Å². The van der Waals surface area contributed by atoms with Gasteiger partial charge in [0.05, 0.1) is 18.7 Å². The number of ether oxygens (including phenoxy) is 2. The predicted octanol–water partition coefficient (Wildman–Crippen LogP) is 4.43. The van der Waals surface area contributed by atoms with Crippen molar-refractivity contribution >= 4 is 34.5 Å². The van der Waals surface area contributed by atoms with Crippen LogP contribution in [0.25, 0.3) is 0 Å². The van der Waals surface area contributed by atoms with Crippen LogP contribution >= 0.6 is 11.3 Å². The number of carbonyl (C=O) groups excluding carboxylic acids is 2. The van der Waals surface area contributed by atoms with Crippen molar-refractivity contribution in [1.82, 2.24) is 0 Å². The zero-order valence-electron chi connectivity index (χ0n) is 17.5. The fourth-order valence-corrected chi connectivity index (χ4v) is 4.16. The quantitative estimate of drug-likeness (QED) is 0.595. The highest BCUT2D eigenvalue weighted by Crippen LogP contribution is 2.36. The Bertz CT molecular complexity index is 1080. The highest BCUT2D eigenvalue weighted by molar-refractivity contribution is 7.10. The molecule has 2 amide bonds. The summed E-state index contributed by atoms with van der Waals surface area (Å²) in [5, 5.41) is 4.85. The molecule has 2 aromatic carbocycles. The standard InChI is InChI=1S/C24H24N2O4S/c1-16-5-3-6-19(13-16)29-11-10-26-21-9-8-18(14-22(21)30-17(2)24(26)28)25-23(27)15-20-7-4-12-31-20/h3-9,12-14,17H,10-11,15H2,1-2H3,(H,25,27). The molecule has 1 aromatic heterocycles. The second-order valence-corrected chi connectivity index (χ2v) is 8.43. The Morgan fingerprint density at radius 3 is 2.84 bits per heavy atom. The Kier molecular flexibility index (Phi) is 6.23. The molecular weight excluding hydrogens is 412 g/mol. The largest absolute Gasteiger partial charge is 0.492 e. The number of aryl methyl sites for hydroxylation is 1. The minimum atomic E-state index is -0.608. The smallest absolute Gasteiger partial charge is 0.267 e. The predicted molar refractivity (Wildman–Crippen MR) is 122 cm³/mol. The maximum Gasteiger partial charge on any atom is 0.267 e. The third-order valence-corrected chi connectivity index (χ3v) is 5.82. The van der Waals surface area contributed by atoms with Gasteiger partial charge in [-0.25, -0.2) is 0 Å². The van der Waals surface area contributed by atoms with E-state index in [2.05, 4.69) is 5.32 Å². The number of nitrogens with one attached hydrogen (secondary N) is 1. The number of carbonyl (C=O) groups is 2. The SMILES string of the molecule is Cc1cccc(OCCN2C(=O)C(C)Oc3cc(NC(=O)Cc4cccs4)ccc32)c1. The molecule has 1 aliphatic heterocycles. The first-order chi connectivity index (χ1) is 15.0. The van der Waals surface area contributed by atoms with E-state index in [9.17, 15) is 9.59 Å². The number of nitrogens with zero attached hydrogens (tertiary/aromatic N) is 1. The summed E-state index contributed by atoms with van der Waals surface area (Å²) in [5.74, 6) is 1.13. The number of hydrogen-bond donors (Lipinski definition) is 1. The molecule has 0 aliphatic carbocycles. The summed E-state index contributed by atoms with van der Waals surface area (Å²) in [5.41, 5.74) is 2.43. The van der Waals surface area contributed by atoms with Gasteiger partial charge in [-0.3, -0.25) is 9.59 Å². The Hall–Kier alpha value is -3.32. The first kappa shape index (κ1) is 20.9. The number of benzene rings is 2. The second kappa shape index (κ2) is 9.22. The number of anilines is 2. The van der Waals surface area contributed by atoms with Crippen LogP contribution in [0.3, 0.4) is 0 Å². The van der Waals surface area contributed by atoms with Crippen LogP contribution in [0.1, 0.15) is 17.4 Å². The lowest BCUT2D eigenvalue weighted by atomic mass is 10.1. The van der Waals surface area contributed by atoms with Crippen LogP contribution in [0.5, 0.6) is 11.5 Å². The van der Waals surface area contributed by atoms with Crippen molar-refractivity contribution in [3.63, 3.8) is 0 Å². The summed E-state index contributed by atoms with van der Waals surface area (Å²) in [4.78, 5) is 27.7. The van der Waals surface area contributed by atoms with Gasteiger partial charge in [-0.15, -0.1) is 11.3 Å². The summed E-state index contributed by atoms with van der Waals surface area (Å²) in [6.45, 7) is 4.49. The molecule has 160 valence electrons. The lowest BCUT2D eigenvalue weighted by Crippen LogP contribution is -2.46. The van der Waals surface area contributed by atoms with Gasteiger partial charge in [0.2, 0.25) is 5.91 Å². The molecule has 0 saturated heterocycles. The molecule has 0 fully saturated rings. The molecule has 1 unspecified atom stereocenters. The third kappa shape index (κ3) is 5.06. The van der Waals surface area contributed by atoms with E-state index in [1.165, 1.54) is 0 Å². The van der Waals surface area contributed by atoms with Gasteiger partial charge >= 0.3 is 0 Å². The van der Waals surface area contributed by atoms with Crippen molar-refractivity contribution in [2.45, 2.75) is 26.4 Å². The molecule has 4 rings (SSSR count). The van der Waals surface area contributed by atoms with Crippen molar-refractivity contribution in [2.75, 3.05) is 23.4 Å². The Labute approximate surface area is 185 Å². The lowest BCUT2D eigenvalue weighted by Gasteiger charge is -2.33. The summed E-state index contributed by atoms with van der Waals surface area (Å²) in [7, 11) is 0. The molecule has 1 N–H and O–H groups in total. The van der Waals surface area contributed by atoms with Crippen molar-refractivity contribution in [2.24, 2.45) is 0 Å². The fraction of sp³-hybridized carbons (Fsp3) is 0.250. The van der Waals surface area contributed by atoms with Gasteiger partial charge in [-0.1, -0.05) is 18.2 Å². The average molecular weight is 437 g/mol. The molecule has 1 aliphatic rings. The molecule has 2 heterocycles. The first-order valence-electron chi connectivity index (χ1n) is 10.1. The zero-order valence-corrected chi connectivity index (χ0v) is 18.3. The van der Waals surface area contributed by atoms with Crippen LogP contribution in [-0.2, 0) is 16.0 Å². The highest BCUT2D eigenvalue weighted by Gasteiger charge is 2.31. The summed E-state index contributed by atoms with van der Waals surface area (Å²) < 4.78 is 11.6. The van der Waals surface area contributed by atoms with Crippen LogP contribution in [0.4, 0.5) is 11.4 Å². The maximum absolute atomic E-state index is 12.7. The van der Waals surface area contributed by atoms with Crippen LogP contribution in [0, 0.1) is 6.92 Å². The summed E-state index contributed by atoms with van der Waals surface area (Å²) in [6.07, 6.45) is -0.282. The van der Waals surface area contributed by atoms with Gasteiger partial charge < -0.3 is 19.7 Å². The van der Waals surface area contributed by atoms with Gasteiger partial charge in [-0.05, 0) is 55.1 Å². The number of fused-ring (bicyclic) bond motifs is 1. The minimum Gasteiger partial charge on any atom is -0.492 e. The van der Waals surface area contributed by atoms with Crippen LogP contribution in [-0.4, -0.2) is 31.1 Å². The van der Waals surface area contributed by atoms with Gasteiger partial charge in [-0.2, -0.15) is 0 Å². The lowest BCUT2D eigenvalue weighted by molar-refractivity contribution is -0.125. The summed E-state index contributed by atoms with van der Waals surface area (Å²) >= 11 is 1.55. The van der Waals surface area contributed by atoms with E-state index >= 15 is 0 Å². The molecule has 1 atom stereocenters. The number of hydrogen-bond acceptors (Lipinski definition) is 5. The normalized spacial score (nSPS) is 15.2. The van der Waals surface area contributed by atoms with E-state index in [0.717, 1.165) is 16.2 Å². The number of amides is 2. The van der Waals surface area contributed by atoms with Crippen molar-refractivity contribution < 1.29 is 19.1 Å². The fourth-order valence-electron chi connectivity index (χ4n) is 3.46. The Morgan fingerprint density at radius 1 is 1.19 bits per heavy atom. The molecule has 6 nitrogen and oxygen atoms in total. The van der Waals surface area contributed by atoms with E-state index in [1.54, 1.807) is 41.4 Å². The third-order valence-electron chi connectivity index (χ3n) is 4.94. The van der Waals surface area contributed by atoms with E-state index < -0.39 is 6.10 Å². The monoisotopic (exact) mass is 436 g/mol. The van der Waals surface area contributed by atoms with Crippen LogP contribution in [0.2, 0.25) is 0 Å². The molecule has 0 bridgehead atoms. The van der Waals surface area contributed by atoms with Gasteiger partial charge in [0.15, 0.2) is 6.10 Å². The van der Waals surface area contributed by atoms with Gasteiger partial charge in [0.25, 0.3) is 5.91 Å². The van der Waals surface area contributed by atoms with Gasteiger partial charge in [0, 0.05) is 16.6 Å². The molecular formula is C24H24N2O4S. The van der Waals surface area contributed by atoms with Crippen LogP contribution < -0.4 is 19.7 Å². The van der Waals surface area contributed by atoms with E-state index in [0.29, 0.717) is 36.7 Å². The Balaban J connectivity index is 1.44. The van der Waals surface area contributed by atoms with Crippen molar-refractivity contribution in [3.05, 3.63) is 70.4 Å². The van der Waals surface area contributed by atoms with E-state index in [-0.39, 0.29) is 11.8 Å². The number of thiophene rings is 1. The first-order valence-corrected chi connectivity index (χ1v) is 11.0. The Morgan fingerprint density at radius 2 is 2.06 bits per heavy atom. The molecule has 0 radical (unpaired) electrons. The second-order valence-electron chi connectivity index (χ2n) is 7.40. The van der Waals surface area contributed by atoms with Crippen molar-refractivity contribution in [1.29, 1.82) is 0 Å². The van der Waals surface area contributed by atoms with Crippen molar-refractivity contribution in [3.8, 4) is 11.5 Å². The average Bonchev–Trinajstić information content (AvgIpc) is 3.23. The minimum absolute atomic E-state index is 0.0919. The molecule has 3 aromatic rings. The summed E-state index contributed by atoms with van der Waals surface area (Å²) in [6, 6.07) is 17.0. The zero-order chi connectivity index (χ0) is 21.8. The van der Waals surface area contributed by atoms with E-state index in [4.69, 9.17) is 9.47 Å². The maximum atomic E-state index is 12.7. The molecule has 0 saturated carbocycles. The molecule has 0 spiro atoms. The molecule has 7 heteroatoms.